The number of para-hydroxylation sites is 2. The molecule has 0 spiro atoms. The number of aliphatic hydroxyl groups is 1. The number of unbranched alkanes of at least 4 members (excludes halogenated alkanes) is 1. The van der Waals surface area contributed by atoms with Crippen molar-refractivity contribution in [3.8, 4) is 5.75 Å². The van der Waals surface area contributed by atoms with Gasteiger partial charge in [-0.25, -0.2) is 4.98 Å². The summed E-state index contributed by atoms with van der Waals surface area (Å²) in [5.41, 5.74) is 4.50. The number of hydrogen-bond acceptors (Lipinski definition) is 3. The van der Waals surface area contributed by atoms with Crippen LogP contribution >= 0.6 is 0 Å². The van der Waals surface area contributed by atoms with E-state index < -0.39 is 6.10 Å². The topological polar surface area (TPSA) is 47.3 Å². The third-order valence-corrected chi connectivity index (χ3v) is 4.88. The molecule has 1 heterocycles. The number of hydrogen-bond donors (Lipinski definition) is 1. The number of benzene rings is 2. The van der Waals surface area contributed by atoms with Gasteiger partial charge in [0.05, 0.1) is 17.6 Å². The number of aromatic nitrogens is 2. The number of nitrogens with zero attached hydrogens (tertiary/aromatic N) is 2. The van der Waals surface area contributed by atoms with E-state index in [0.717, 1.165) is 42.0 Å². The van der Waals surface area contributed by atoms with Gasteiger partial charge in [0.2, 0.25) is 0 Å². The Bertz CT molecular complexity index is 897. The number of aryl methyl sites for hydroxylation is 2. The zero-order valence-electron chi connectivity index (χ0n) is 16.8. The van der Waals surface area contributed by atoms with Gasteiger partial charge < -0.3 is 14.4 Å². The SMILES string of the molecule is Cc1ccc(C(C)C)c(OCCCCn2c([C@H](C)O)nc3ccccc32)c1. The molecule has 0 unspecified atom stereocenters. The van der Waals surface area contributed by atoms with Gasteiger partial charge in [-0.15, -0.1) is 0 Å². The fraction of sp³-hybridized carbons (Fsp3) is 0.435. The van der Waals surface area contributed by atoms with Gasteiger partial charge in [-0.3, -0.25) is 0 Å². The Morgan fingerprint density at radius 2 is 1.85 bits per heavy atom. The Morgan fingerprint density at radius 1 is 1.07 bits per heavy atom. The van der Waals surface area contributed by atoms with E-state index in [9.17, 15) is 5.11 Å². The Kier molecular flexibility index (Phi) is 6.17. The molecule has 0 aliphatic carbocycles. The van der Waals surface area contributed by atoms with E-state index in [2.05, 4.69) is 54.6 Å². The molecule has 0 radical (unpaired) electrons. The highest BCUT2D eigenvalue weighted by Gasteiger charge is 2.14. The van der Waals surface area contributed by atoms with Gasteiger partial charge in [0, 0.05) is 6.54 Å². The first-order chi connectivity index (χ1) is 13.0. The summed E-state index contributed by atoms with van der Waals surface area (Å²) < 4.78 is 8.22. The molecule has 27 heavy (non-hydrogen) atoms. The van der Waals surface area contributed by atoms with Crippen molar-refractivity contribution in [2.24, 2.45) is 0 Å². The summed E-state index contributed by atoms with van der Waals surface area (Å²) in [7, 11) is 0. The van der Waals surface area contributed by atoms with Crippen molar-refractivity contribution in [2.75, 3.05) is 6.61 Å². The molecule has 0 aliphatic heterocycles. The molecule has 1 aromatic heterocycles. The van der Waals surface area contributed by atoms with E-state index in [4.69, 9.17) is 4.74 Å². The van der Waals surface area contributed by atoms with Crippen molar-refractivity contribution in [1.29, 1.82) is 0 Å². The summed E-state index contributed by atoms with van der Waals surface area (Å²) in [6.07, 6.45) is 1.36. The molecule has 0 saturated heterocycles. The molecule has 0 saturated carbocycles. The lowest BCUT2D eigenvalue weighted by atomic mass is 10.0. The second kappa shape index (κ2) is 8.57. The normalized spacial score (nSPS) is 12.7. The van der Waals surface area contributed by atoms with Crippen molar-refractivity contribution in [3.63, 3.8) is 0 Å². The van der Waals surface area contributed by atoms with Crippen molar-refractivity contribution in [1.82, 2.24) is 9.55 Å². The first-order valence-electron chi connectivity index (χ1n) is 9.84. The molecule has 144 valence electrons. The Hall–Kier alpha value is -2.33. The minimum absolute atomic E-state index is 0.450. The van der Waals surface area contributed by atoms with E-state index in [0.29, 0.717) is 12.5 Å². The summed E-state index contributed by atoms with van der Waals surface area (Å²) in [6.45, 7) is 9.78. The standard InChI is InChI=1S/C23H30N2O2/c1-16(2)19-12-11-17(3)15-22(19)27-14-8-7-13-25-21-10-6-5-9-20(21)24-23(25)18(4)26/h5-6,9-12,15-16,18,26H,7-8,13-14H2,1-4H3/t18-/m0/s1. The molecule has 4 heteroatoms. The number of aliphatic hydroxyl groups excluding tert-OH is 1. The molecular weight excluding hydrogens is 336 g/mol. The molecule has 0 bridgehead atoms. The Morgan fingerprint density at radius 3 is 2.59 bits per heavy atom. The summed E-state index contributed by atoms with van der Waals surface area (Å²) >= 11 is 0. The Labute approximate surface area is 161 Å². The van der Waals surface area contributed by atoms with Crippen LogP contribution in [-0.2, 0) is 6.54 Å². The molecule has 1 atom stereocenters. The maximum absolute atomic E-state index is 10.1. The maximum Gasteiger partial charge on any atom is 0.138 e. The van der Waals surface area contributed by atoms with Gasteiger partial charge in [-0.05, 0) is 61.9 Å². The van der Waals surface area contributed by atoms with Gasteiger partial charge in [-0.2, -0.15) is 0 Å². The number of ether oxygens (including phenoxy) is 1. The van der Waals surface area contributed by atoms with Crippen LogP contribution in [0.3, 0.4) is 0 Å². The second-order valence-corrected chi connectivity index (χ2v) is 7.54. The van der Waals surface area contributed by atoms with Crippen LogP contribution in [0.1, 0.15) is 62.6 Å². The molecule has 2 aromatic carbocycles. The molecule has 1 N–H and O–H groups in total. The summed E-state index contributed by atoms with van der Waals surface area (Å²) in [5, 5.41) is 10.1. The zero-order chi connectivity index (χ0) is 19.4. The lowest BCUT2D eigenvalue weighted by Crippen LogP contribution is -2.08. The number of fused-ring (bicyclic) bond motifs is 1. The predicted molar refractivity (Wildman–Crippen MR) is 110 cm³/mol. The summed E-state index contributed by atoms with van der Waals surface area (Å²) in [5.74, 6) is 2.19. The molecule has 3 rings (SSSR count). The quantitative estimate of drug-likeness (QED) is 0.544. The monoisotopic (exact) mass is 366 g/mol. The lowest BCUT2D eigenvalue weighted by Gasteiger charge is -2.15. The molecule has 0 fully saturated rings. The molecule has 3 aromatic rings. The molecule has 0 amide bonds. The average molecular weight is 367 g/mol. The first kappa shape index (κ1) is 19.4. The maximum atomic E-state index is 10.1. The highest BCUT2D eigenvalue weighted by Crippen LogP contribution is 2.28. The van der Waals surface area contributed by atoms with Crippen LogP contribution in [0.4, 0.5) is 0 Å². The fourth-order valence-electron chi connectivity index (χ4n) is 3.45. The van der Waals surface area contributed by atoms with Gasteiger partial charge in [0.25, 0.3) is 0 Å². The minimum Gasteiger partial charge on any atom is -0.493 e. The Balaban J connectivity index is 1.61. The van der Waals surface area contributed by atoms with E-state index in [1.165, 1.54) is 11.1 Å². The first-order valence-corrected chi connectivity index (χ1v) is 9.84. The highest BCUT2D eigenvalue weighted by atomic mass is 16.5. The van der Waals surface area contributed by atoms with Crippen LogP contribution in [0.25, 0.3) is 11.0 Å². The van der Waals surface area contributed by atoms with Crippen molar-refractivity contribution in [3.05, 3.63) is 59.4 Å². The van der Waals surface area contributed by atoms with Crippen LogP contribution in [0.2, 0.25) is 0 Å². The highest BCUT2D eigenvalue weighted by molar-refractivity contribution is 5.75. The fourth-order valence-corrected chi connectivity index (χ4v) is 3.45. The largest absolute Gasteiger partial charge is 0.493 e. The van der Waals surface area contributed by atoms with Crippen molar-refractivity contribution in [2.45, 2.75) is 59.1 Å². The van der Waals surface area contributed by atoms with E-state index in [-0.39, 0.29) is 0 Å². The third kappa shape index (κ3) is 4.51. The second-order valence-electron chi connectivity index (χ2n) is 7.54. The van der Waals surface area contributed by atoms with Gasteiger partial charge in [0.15, 0.2) is 0 Å². The van der Waals surface area contributed by atoms with Crippen molar-refractivity contribution < 1.29 is 9.84 Å². The third-order valence-electron chi connectivity index (χ3n) is 4.88. The van der Waals surface area contributed by atoms with Crippen molar-refractivity contribution >= 4 is 11.0 Å². The van der Waals surface area contributed by atoms with E-state index >= 15 is 0 Å². The van der Waals surface area contributed by atoms with Crippen LogP contribution in [0.15, 0.2) is 42.5 Å². The van der Waals surface area contributed by atoms with Crippen LogP contribution in [0.5, 0.6) is 5.75 Å². The van der Waals surface area contributed by atoms with Crippen LogP contribution in [0, 0.1) is 6.92 Å². The summed E-state index contributed by atoms with van der Waals surface area (Å²) in [6, 6.07) is 14.5. The number of imidazole rings is 1. The molecule has 0 aliphatic rings. The van der Waals surface area contributed by atoms with Crippen LogP contribution < -0.4 is 4.74 Å². The van der Waals surface area contributed by atoms with Gasteiger partial charge in [0.1, 0.15) is 17.7 Å². The number of rotatable bonds is 8. The zero-order valence-corrected chi connectivity index (χ0v) is 16.8. The van der Waals surface area contributed by atoms with E-state index in [1.54, 1.807) is 6.92 Å². The smallest absolute Gasteiger partial charge is 0.138 e. The minimum atomic E-state index is -0.574. The van der Waals surface area contributed by atoms with Gasteiger partial charge in [-0.1, -0.05) is 38.1 Å². The van der Waals surface area contributed by atoms with Crippen LogP contribution in [-0.4, -0.2) is 21.3 Å². The van der Waals surface area contributed by atoms with Gasteiger partial charge >= 0.3 is 0 Å². The van der Waals surface area contributed by atoms with E-state index in [1.807, 2.05) is 18.2 Å². The molecule has 4 nitrogen and oxygen atoms in total. The molecular formula is C23H30N2O2. The summed E-state index contributed by atoms with van der Waals surface area (Å²) in [4.78, 5) is 4.58. The lowest BCUT2D eigenvalue weighted by molar-refractivity contribution is 0.184. The average Bonchev–Trinajstić information content (AvgIpc) is 3.00. The predicted octanol–water partition coefficient (Wildman–Crippen LogP) is 5.38.